The summed E-state index contributed by atoms with van der Waals surface area (Å²) in [7, 11) is 0. The van der Waals surface area contributed by atoms with Gasteiger partial charge in [-0.1, -0.05) is 142 Å². The predicted molar refractivity (Wildman–Crippen MR) is 252 cm³/mol. The van der Waals surface area contributed by atoms with Crippen molar-refractivity contribution in [3.05, 3.63) is 29.8 Å². The molecule has 1 aromatic carbocycles. The molecule has 12 heteroatoms. The van der Waals surface area contributed by atoms with Gasteiger partial charge in [-0.2, -0.15) is 0 Å². The molecule has 0 N–H and O–H groups in total. The third-order valence-electron chi connectivity index (χ3n) is 10.4. The molecular weight excluding hydrogens is 805 g/mol. The normalized spacial score (nSPS) is 11.5. The van der Waals surface area contributed by atoms with E-state index < -0.39 is 0 Å². The topological polar surface area (TPSA) is 119 Å². The van der Waals surface area contributed by atoms with E-state index >= 15 is 0 Å². The molecule has 0 amide bonds. The van der Waals surface area contributed by atoms with Crippen molar-refractivity contribution in [1.29, 1.82) is 0 Å². The molecule has 0 fully saturated rings. The van der Waals surface area contributed by atoms with Gasteiger partial charge in [-0.15, -0.1) is 0 Å². The second-order valence-electron chi connectivity index (χ2n) is 16.1. The smallest absolute Gasteiger partial charge is 0.305 e. The highest BCUT2D eigenvalue weighted by Gasteiger charge is 2.04. The summed E-state index contributed by atoms with van der Waals surface area (Å²) in [6, 6.07) is 8.46. The minimum atomic E-state index is -0.130. The SMILES string of the molecule is CCCCCCCCCCCCCCCC(=O)OCCOCCOCCOCCOCCOCCOCCOCCOCCOCCOc1ccc(CCCCCCCCC)cc1. The fourth-order valence-electron chi connectivity index (χ4n) is 6.69. The van der Waals surface area contributed by atoms with Crippen LogP contribution in [-0.4, -0.2) is 138 Å². The number of aryl methyl sites for hydroxylation is 1. The van der Waals surface area contributed by atoms with Crippen molar-refractivity contribution in [2.45, 2.75) is 155 Å². The average molecular weight is 899 g/mol. The molecule has 63 heavy (non-hydrogen) atoms. The first kappa shape index (κ1) is 59.1. The van der Waals surface area contributed by atoms with Crippen LogP contribution in [0.2, 0.25) is 0 Å². The van der Waals surface area contributed by atoms with Gasteiger partial charge in [0.2, 0.25) is 0 Å². The van der Waals surface area contributed by atoms with Crippen molar-refractivity contribution in [2.75, 3.05) is 132 Å². The Morgan fingerprint density at radius 2 is 0.619 bits per heavy atom. The van der Waals surface area contributed by atoms with E-state index in [0.717, 1.165) is 25.0 Å². The Bertz CT molecular complexity index is 1030. The number of carbonyl (C=O) groups is 1. The molecule has 0 aliphatic carbocycles. The highest BCUT2D eigenvalue weighted by atomic mass is 16.6. The predicted octanol–water partition coefficient (Wildman–Crippen LogP) is 10.5. The maximum atomic E-state index is 11.9. The summed E-state index contributed by atoms with van der Waals surface area (Å²) in [6.45, 7) is 14.3. The van der Waals surface area contributed by atoms with Gasteiger partial charge in [0.05, 0.1) is 119 Å². The third kappa shape index (κ3) is 46.5. The lowest BCUT2D eigenvalue weighted by atomic mass is 10.0. The van der Waals surface area contributed by atoms with Crippen LogP contribution >= 0.6 is 0 Å². The number of esters is 1. The Balaban J connectivity index is 1.67. The van der Waals surface area contributed by atoms with Crippen LogP contribution in [0.15, 0.2) is 24.3 Å². The van der Waals surface area contributed by atoms with Gasteiger partial charge in [0, 0.05) is 6.42 Å². The molecule has 0 radical (unpaired) electrons. The molecule has 0 saturated carbocycles. The van der Waals surface area contributed by atoms with Crippen molar-refractivity contribution in [3.8, 4) is 5.75 Å². The first-order chi connectivity index (χ1) is 31.3. The molecular formula is C51H94O12. The van der Waals surface area contributed by atoms with Crippen molar-refractivity contribution in [2.24, 2.45) is 0 Å². The molecule has 1 rings (SSSR count). The van der Waals surface area contributed by atoms with Crippen LogP contribution in [0.25, 0.3) is 0 Å². The number of rotatable bonds is 53. The molecule has 0 bridgehead atoms. The Morgan fingerprint density at radius 3 is 0.968 bits per heavy atom. The van der Waals surface area contributed by atoms with Gasteiger partial charge in [-0.25, -0.2) is 0 Å². The molecule has 1 aromatic rings. The summed E-state index contributed by atoms with van der Waals surface area (Å²) in [5.74, 6) is 0.755. The van der Waals surface area contributed by atoms with Crippen molar-refractivity contribution in [3.63, 3.8) is 0 Å². The standard InChI is InChI=1S/C51H94O12/c1-3-5-7-9-11-12-13-14-15-16-18-20-22-24-51(52)63-48-46-61-44-42-59-40-38-57-36-34-55-32-30-53-29-31-54-33-35-56-37-39-58-41-43-60-45-47-62-50-27-25-49(26-28-50)23-21-19-17-10-8-6-4-2/h25-28H,3-24,29-48H2,1-2H3. The molecule has 370 valence electrons. The number of unbranched alkanes of at least 4 members (excludes halogenated alkanes) is 18. The summed E-state index contributed by atoms with van der Waals surface area (Å²) < 4.78 is 60.9. The van der Waals surface area contributed by atoms with E-state index in [2.05, 4.69) is 38.1 Å². The zero-order chi connectivity index (χ0) is 45.0. The maximum Gasteiger partial charge on any atom is 0.305 e. The van der Waals surface area contributed by atoms with Crippen LogP contribution in [0, 0.1) is 0 Å². The summed E-state index contributed by atoms with van der Waals surface area (Å²) >= 11 is 0. The fourth-order valence-corrected chi connectivity index (χ4v) is 6.69. The summed E-state index contributed by atoms with van der Waals surface area (Å²) in [5, 5.41) is 0. The average Bonchev–Trinajstić information content (AvgIpc) is 3.30. The number of benzene rings is 1. The third-order valence-corrected chi connectivity index (χ3v) is 10.4. The monoisotopic (exact) mass is 899 g/mol. The van der Waals surface area contributed by atoms with Gasteiger partial charge in [0.15, 0.2) is 0 Å². The molecule has 0 aromatic heterocycles. The lowest BCUT2D eigenvalue weighted by Crippen LogP contribution is -2.15. The second kappa shape index (κ2) is 51.1. The highest BCUT2D eigenvalue weighted by molar-refractivity contribution is 5.69. The Hall–Kier alpha value is -1.87. The summed E-state index contributed by atoms with van der Waals surface area (Å²) in [5.41, 5.74) is 1.38. The molecule has 0 atom stereocenters. The largest absolute Gasteiger partial charge is 0.491 e. The van der Waals surface area contributed by atoms with Crippen LogP contribution in [0.4, 0.5) is 0 Å². The second-order valence-corrected chi connectivity index (χ2v) is 16.1. The van der Waals surface area contributed by atoms with Crippen LogP contribution in [0.3, 0.4) is 0 Å². The van der Waals surface area contributed by atoms with E-state index in [4.69, 9.17) is 52.1 Å². The quantitative estimate of drug-likeness (QED) is 0.0457. The number of carbonyl (C=O) groups excluding carboxylic acids is 1. The molecule has 0 unspecified atom stereocenters. The number of ether oxygens (including phenoxy) is 11. The summed E-state index contributed by atoms with van der Waals surface area (Å²) in [6.07, 6.45) is 27.8. The minimum absolute atomic E-state index is 0.130. The highest BCUT2D eigenvalue weighted by Crippen LogP contribution is 2.16. The van der Waals surface area contributed by atoms with Crippen molar-refractivity contribution < 1.29 is 56.9 Å². The molecule has 0 heterocycles. The molecule has 0 aliphatic heterocycles. The minimum Gasteiger partial charge on any atom is -0.491 e. The number of hydrogen-bond acceptors (Lipinski definition) is 12. The van der Waals surface area contributed by atoms with E-state index in [9.17, 15) is 4.79 Å². The lowest BCUT2D eigenvalue weighted by Gasteiger charge is -2.09. The van der Waals surface area contributed by atoms with Crippen LogP contribution in [0.5, 0.6) is 5.75 Å². The summed E-state index contributed by atoms with van der Waals surface area (Å²) in [4.78, 5) is 11.9. The van der Waals surface area contributed by atoms with E-state index in [1.165, 1.54) is 121 Å². The fraction of sp³-hybridized carbons (Fsp3) is 0.863. The van der Waals surface area contributed by atoms with E-state index in [-0.39, 0.29) is 12.6 Å². The zero-order valence-electron chi connectivity index (χ0n) is 40.4. The van der Waals surface area contributed by atoms with Gasteiger partial charge in [-0.05, 0) is 37.0 Å². The zero-order valence-corrected chi connectivity index (χ0v) is 40.4. The van der Waals surface area contributed by atoms with Gasteiger partial charge in [-0.3, -0.25) is 4.79 Å². The van der Waals surface area contributed by atoms with Gasteiger partial charge in [0.1, 0.15) is 19.0 Å². The molecule has 12 nitrogen and oxygen atoms in total. The van der Waals surface area contributed by atoms with Crippen molar-refractivity contribution >= 4 is 5.97 Å². The van der Waals surface area contributed by atoms with Gasteiger partial charge < -0.3 is 52.1 Å². The first-order valence-electron chi connectivity index (χ1n) is 25.3. The molecule has 0 saturated heterocycles. The molecule has 0 aliphatic rings. The van der Waals surface area contributed by atoms with E-state index in [0.29, 0.717) is 132 Å². The van der Waals surface area contributed by atoms with Crippen LogP contribution in [0.1, 0.15) is 154 Å². The Kier molecular flexibility index (Phi) is 48.0. The number of hydrogen-bond donors (Lipinski definition) is 0. The first-order valence-corrected chi connectivity index (χ1v) is 25.3. The van der Waals surface area contributed by atoms with E-state index in [1.807, 2.05) is 0 Å². The maximum absolute atomic E-state index is 11.9. The van der Waals surface area contributed by atoms with Gasteiger partial charge >= 0.3 is 5.97 Å². The van der Waals surface area contributed by atoms with Crippen LogP contribution < -0.4 is 4.74 Å². The lowest BCUT2D eigenvalue weighted by molar-refractivity contribution is -0.145. The molecule has 0 spiro atoms. The van der Waals surface area contributed by atoms with E-state index in [1.54, 1.807) is 0 Å². The van der Waals surface area contributed by atoms with Crippen LogP contribution in [-0.2, 0) is 58.6 Å². The van der Waals surface area contributed by atoms with Crippen molar-refractivity contribution in [1.82, 2.24) is 0 Å². The Labute approximate surface area is 384 Å². The van der Waals surface area contributed by atoms with Gasteiger partial charge in [0.25, 0.3) is 0 Å². The Morgan fingerprint density at radius 1 is 0.333 bits per heavy atom.